The van der Waals surface area contributed by atoms with Gasteiger partial charge in [-0.1, -0.05) is 6.92 Å². The van der Waals surface area contributed by atoms with Gasteiger partial charge in [0.05, 0.1) is 5.69 Å². The maximum atomic E-state index is 4.75. The Balaban J connectivity index is 2.01. The van der Waals surface area contributed by atoms with Crippen molar-refractivity contribution in [1.82, 2.24) is 10.3 Å². The molecule has 1 aromatic rings. The van der Waals surface area contributed by atoms with Crippen molar-refractivity contribution in [1.29, 1.82) is 0 Å². The molecule has 1 aromatic heterocycles. The van der Waals surface area contributed by atoms with Crippen molar-refractivity contribution >= 4 is 28.2 Å². The fourth-order valence-corrected chi connectivity index (χ4v) is 4.26. The summed E-state index contributed by atoms with van der Waals surface area (Å²) in [6.45, 7) is 5.29. The van der Waals surface area contributed by atoms with E-state index in [0.717, 1.165) is 11.7 Å². The highest BCUT2D eigenvalue weighted by molar-refractivity contribution is 7.99. The van der Waals surface area contributed by atoms with E-state index in [4.69, 9.17) is 4.98 Å². The van der Waals surface area contributed by atoms with Crippen LogP contribution in [0.15, 0.2) is 5.38 Å². The summed E-state index contributed by atoms with van der Waals surface area (Å²) >= 11 is 3.81. The molecule has 2 atom stereocenters. The molecule has 1 aliphatic rings. The van der Waals surface area contributed by atoms with Crippen molar-refractivity contribution in [2.45, 2.75) is 32.4 Å². The number of aromatic nitrogens is 1. The second-order valence-corrected chi connectivity index (χ2v) is 6.45. The number of hydrogen-bond acceptors (Lipinski definition) is 5. The Morgan fingerprint density at radius 1 is 1.65 bits per heavy atom. The molecule has 0 radical (unpaired) electrons. The molecule has 1 saturated heterocycles. The second kappa shape index (κ2) is 6.07. The van der Waals surface area contributed by atoms with Crippen LogP contribution in [0.25, 0.3) is 0 Å². The largest absolute Gasteiger partial charge is 0.347 e. The number of nitrogens with one attached hydrogen (secondary N) is 1. The highest BCUT2D eigenvalue weighted by Crippen LogP contribution is 2.29. The molecule has 5 heteroatoms. The summed E-state index contributed by atoms with van der Waals surface area (Å²) in [5, 5.41) is 6.75. The summed E-state index contributed by atoms with van der Waals surface area (Å²) in [7, 11) is 2.18. The first-order valence-electron chi connectivity index (χ1n) is 6.21. The van der Waals surface area contributed by atoms with Gasteiger partial charge in [-0.3, -0.25) is 0 Å². The molecule has 0 saturated carbocycles. The molecule has 1 aliphatic heterocycles. The Morgan fingerprint density at radius 2 is 2.47 bits per heavy atom. The minimum Gasteiger partial charge on any atom is -0.347 e. The SMILES string of the molecule is CCNC(C)c1csc(N(C)C2CCSC2)n1. The summed E-state index contributed by atoms with van der Waals surface area (Å²) in [6.07, 6.45) is 1.29. The van der Waals surface area contributed by atoms with Crippen molar-refractivity contribution in [2.75, 3.05) is 30.0 Å². The number of anilines is 1. The summed E-state index contributed by atoms with van der Waals surface area (Å²) in [5.74, 6) is 2.54. The zero-order chi connectivity index (χ0) is 12.3. The van der Waals surface area contributed by atoms with Gasteiger partial charge in [-0.25, -0.2) is 4.98 Å². The van der Waals surface area contributed by atoms with E-state index in [9.17, 15) is 0 Å². The molecule has 17 heavy (non-hydrogen) atoms. The second-order valence-electron chi connectivity index (χ2n) is 4.46. The zero-order valence-corrected chi connectivity index (χ0v) is 12.4. The lowest BCUT2D eigenvalue weighted by Crippen LogP contribution is -2.31. The monoisotopic (exact) mass is 271 g/mol. The van der Waals surface area contributed by atoms with E-state index in [-0.39, 0.29) is 0 Å². The smallest absolute Gasteiger partial charge is 0.185 e. The van der Waals surface area contributed by atoms with Gasteiger partial charge in [-0.2, -0.15) is 11.8 Å². The lowest BCUT2D eigenvalue weighted by molar-refractivity contribution is 0.585. The average Bonchev–Trinajstić information content (AvgIpc) is 3.00. The van der Waals surface area contributed by atoms with Crippen LogP contribution in [0.2, 0.25) is 0 Å². The first-order chi connectivity index (χ1) is 8.22. The predicted molar refractivity (Wildman–Crippen MR) is 78.3 cm³/mol. The molecule has 1 N–H and O–H groups in total. The zero-order valence-electron chi connectivity index (χ0n) is 10.8. The highest BCUT2D eigenvalue weighted by Gasteiger charge is 2.22. The Labute approximate surface area is 112 Å². The first-order valence-corrected chi connectivity index (χ1v) is 8.25. The van der Waals surface area contributed by atoms with Crippen LogP contribution >= 0.6 is 23.1 Å². The molecule has 2 unspecified atom stereocenters. The lowest BCUT2D eigenvalue weighted by atomic mass is 10.2. The Morgan fingerprint density at radius 3 is 3.12 bits per heavy atom. The molecule has 0 bridgehead atoms. The van der Waals surface area contributed by atoms with Crippen molar-refractivity contribution in [3.63, 3.8) is 0 Å². The molecular formula is C12H21N3S2. The Bertz CT molecular complexity index is 347. The van der Waals surface area contributed by atoms with E-state index >= 15 is 0 Å². The molecule has 96 valence electrons. The van der Waals surface area contributed by atoms with Gasteiger partial charge >= 0.3 is 0 Å². The topological polar surface area (TPSA) is 28.2 Å². The first kappa shape index (κ1) is 13.2. The molecular weight excluding hydrogens is 250 g/mol. The fourth-order valence-electron chi connectivity index (χ4n) is 2.03. The molecule has 0 aliphatic carbocycles. The number of thiazole rings is 1. The van der Waals surface area contributed by atoms with Crippen LogP contribution in [0.3, 0.4) is 0 Å². The minimum atomic E-state index is 0.358. The van der Waals surface area contributed by atoms with Gasteiger partial charge in [-0.05, 0) is 25.6 Å². The maximum Gasteiger partial charge on any atom is 0.185 e. The molecule has 2 heterocycles. The number of nitrogens with zero attached hydrogens (tertiary/aromatic N) is 2. The van der Waals surface area contributed by atoms with E-state index in [1.807, 2.05) is 11.8 Å². The van der Waals surface area contributed by atoms with Crippen LogP contribution in [0.1, 0.15) is 32.0 Å². The van der Waals surface area contributed by atoms with E-state index in [0.29, 0.717) is 12.1 Å². The fraction of sp³-hybridized carbons (Fsp3) is 0.750. The third-order valence-electron chi connectivity index (χ3n) is 3.22. The van der Waals surface area contributed by atoms with Crippen molar-refractivity contribution in [2.24, 2.45) is 0 Å². The normalized spacial score (nSPS) is 21.7. The van der Waals surface area contributed by atoms with E-state index in [2.05, 4.69) is 36.5 Å². The van der Waals surface area contributed by atoms with E-state index < -0.39 is 0 Å². The lowest BCUT2D eigenvalue weighted by Gasteiger charge is -2.22. The Hall–Kier alpha value is -0.260. The summed E-state index contributed by atoms with van der Waals surface area (Å²) in [4.78, 5) is 7.10. The predicted octanol–water partition coefficient (Wildman–Crippen LogP) is 2.76. The molecule has 0 aromatic carbocycles. The summed E-state index contributed by atoms with van der Waals surface area (Å²) < 4.78 is 0. The van der Waals surface area contributed by atoms with Crippen LogP contribution < -0.4 is 10.2 Å². The van der Waals surface area contributed by atoms with Crippen LogP contribution in [0, 0.1) is 0 Å². The molecule has 3 nitrogen and oxygen atoms in total. The standard InChI is InChI=1S/C12H21N3S2/c1-4-13-9(2)11-8-17-12(14-11)15(3)10-5-6-16-7-10/h8-10,13H,4-7H2,1-3H3. The summed E-state index contributed by atoms with van der Waals surface area (Å²) in [6, 6.07) is 1.03. The van der Waals surface area contributed by atoms with E-state index in [1.165, 1.54) is 23.6 Å². The van der Waals surface area contributed by atoms with Gasteiger partial charge in [-0.15, -0.1) is 11.3 Å². The van der Waals surface area contributed by atoms with Crippen molar-refractivity contribution in [3.8, 4) is 0 Å². The molecule has 0 spiro atoms. The van der Waals surface area contributed by atoms with Gasteiger partial charge < -0.3 is 10.2 Å². The molecule has 0 amide bonds. The van der Waals surface area contributed by atoms with Gasteiger partial charge in [0.2, 0.25) is 0 Å². The van der Waals surface area contributed by atoms with Crippen LogP contribution in [-0.2, 0) is 0 Å². The van der Waals surface area contributed by atoms with Crippen LogP contribution in [-0.4, -0.2) is 36.1 Å². The summed E-state index contributed by atoms with van der Waals surface area (Å²) in [5.41, 5.74) is 1.17. The van der Waals surface area contributed by atoms with Gasteiger partial charge in [0.1, 0.15) is 0 Å². The van der Waals surface area contributed by atoms with Crippen molar-refractivity contribution in [3.05, 3.63) is 11.1 Å². The number of rotatable bonds is 5. The molecule has 2 rings (SSSR count). The number of hydrogen-bond donors (Lipinski definition) is 1. The maximum absolute atomic E-state index is 4.75. The van der Waals surface area contributed by atoms with Gasteiger partial charge in [0, 0.05) is 30.3 Å². The minimum absolute atomic E-state index is 0.358. The molecule has 1 fully saturated rings. The Kier molecular flexibility index (Phi) is 4.70. The quantitative estimate of drug-likeness (QED) is 0.891. The van der Waals surface area contributed by atoms with Gasteiger partial charge in [0.25, 0.3) is 0 Å². The third-order valence-corrected chi connectivity index (χ3v) is 5.31. The van der Waals surface area contributed by atoms with Crippen molar-refractivity contribution < 1.29 is 0 Å². The van der Waals surface area contributed by atoms with Gasteiger partial charge in [0.15, 0.2) is 5.13 Å². The third kappa shape index (κ3) is 3.14. The highest BCUT2D eigenvalue weighted by atomic mass is 32.2. The van der Waals surface area contributed by atoms with Crippen LogP contribution in [0.4, 0.5) is 5.13 Å². The van der Waals surface area contributed by atoms with E-state index in [1.54, 1.807) is 11.3 Å². The average molecular weight is 271 g/mol. The number of thioether (sulfide) groups is 1. The van der Waals surface area contributed by atoms with Crippen LogP contribution in [0.5, 0.6) is 0 Å².